The summed E-state index contributed by atoms with van der Waals surface area (Å²) in [4.78, 5) is 11.7. The summed E-state index contributed by atoms with van der Waals surface area (Å²) in [6.45, 7) is 9.98. The topological polar surface area (TPSA) is 17.1 Å². The van der Waals surface area contributed by atoms with Crippen molar-refractivity contribution >= 4 is 23.8 Å². The summed E-state index contributed by atoms with van der Waals surface area (Å²) < 4.78 is 0. The van der Waals surface area contributed by atoms with Gasteiger partial charge in [0.1, 0.15) is 0 Å². The third-order valence-electron chi connectivity index (χ3n) is 2.23. The molecule has 0 bridgehead atoms. The molecule has 0 aliphatic heterocycles. The zero-order valence-corrected chi connectivity index (χ0v) is 10.6. The second-order valence-corrected chi connectivity index (χ2v) is 5.70. The van der Waals surface area contributed by atoms with E-state index in [1.807, 2.05) is 33.6 Å². The number of rotatable bonds is 2. The average Bonchev–Trinajstić information content (AvgIpc) is 2.14. The molecular formula is C12H17BOS. The number of carbonyl (C=O) groups excluding carboxylic acids is 1. The van der Waals surface area contributed by atoms with E-state index in [-0.39, 0.29) is 10.5 Å². The van der Waals surface area contributed by atoms with Gasteiger partial charge >= 0.3 is 96.6 Å². The molecule has 0 atom stereocenters. The van der Waals surface area contributed by atoms with Crippen molar-refractivity contribution in [2.75, 3.05) is 0 Å². The molecule has 0 saturated carbocycles. The van der Waals surface area contributed by atoms with Gasteiger partial charge in [-0.15, -0.1) is 0 Å². The molecule has 0 N–H and O–H groups in total. The zero-order chi connectivity index (χ0) is 11.5. The van der Waals surface area contributed by atoms with Gasteiger partial charge in [-0.1, -0.05) is 0 Å². The fourth-order valence-corrected chi connectivity index (χ4v) is 2.18. The van der Waals surface area contributed by atoms with Crippen LogP contribution in [-0.4, -0.2) is 12.0 Å². The molecule has 0 saturated heterocycles. The summed E-state index contributed by atoms with van der Waals surface area (Å²) in [6, 6.07) is 2.08. The fourth-order valence-electron chi connectivity index (χ4n) is 1.13. The monoisotopic (exact) mass is 220 g/mol. The van der Waals surface area contributed by atoms with Crippen LogP contribution in [0.25, 0.3) is 0 Å². The molecule has 0 amide bonds. The molecule has 0 spiro atoms. The van der Waals surface area contributed by atoms with Gasteiger partial charge in [-0.25, -0.2) is 0 Å². The Bertz CT molecular complexity index is 355. The summed E-state index contributed by atoms with van der Waals surface area (Å²) in [5.41, 5.74) is 2.26. The van der Waals surface area contributed by atoms with Crippen molar-refractivity contribution in [3.8, 4) is 0 Å². The fraction of sp³-hybridized carbons (Fsp3) is 0.500. The SMILES string of the molecule is Cc1cbccc1CSC(=O)C(C)(C)C. The van der Waals surface area contributed by atoms with Gasteiger partial charge in [0.25, 0.3) is 0 Å². The molecule has 80 valence electrons. The van der Waals surface area contributed by atoms with Gasteiger partial charge in [0, 0.05) is 0 Å². The van der Waals surface area contributed by atoms with Gasteiger partial charge in [-0.2, -0.15) is 0 Å². The molecule has 1 heterocycles. The van der Waals surface area contributed by atoms with Crippen molar-refractivity contribution in [2.24, 2.45) is 5.41 Å². The van der Waals surface area contributed by atoms with Crippen LogP contribution in [0.3, 0.4) is 0 Å². The molecule has 3 heteroatoms. The summed E-state index contributed by atoms with van der Waals surface area (Å²) in [5.74, 6) is 4.88. The van der Waals surface area contributed by atoms with Crippen LogP contribution in [0.2, 0.25) is 0 Å². The number of hydrogen-bond donors (Lipinski definition) is 0. The van der Waals surface area contributed by atoms with Gasteiger partial charge in [0.2, 0.25) is 0 Å². The minimum absolute atomic E-state index is 0.243. The van der Waals surface area contributed by atoms with Crippen LogP contribution in [0, 0.1) is 12.3 Å². The van der Waals surface area contributed by atoms with Gasteiger partial charge in [0.05, 0.1) is 0 Å². The van der Waals surface area contributed by atoms with E-state index >= 15 is 0 Å². The van der Waals surface area contributed by atoms with E-state index in [2.05, 4.69) is 19.0 Å². The van der Waals surface area contributed by atoms with Crippen molar-refractivity contribution in [2.45, 2.75) is 33.4 Å². The minimum atomic E-state index is -0.243. The molecule has 0 unspecified atom stereocenters. The molecule has 1 nitrogen and oxygen atoms in total. The van der Waals surface area contributed by atoms with Crippen molar-refractivity contribution in [1.29, 1.82) is 0 Å². The van der Waals surface area contributed by atoms with E-state index in [1.165, 1.54) is 22.9 Å². The maximum absolute atomic E-state index is 11.7. The Morgan fingerprint density at radius 3 is 2.67 bits per heavy atom. The standard InChI is InChI=1S/C12H17BOS/c1-9-7-13-6-5-10(9)8-15-11(14)12(2,3)4/h5-7H,8H2,1-4H3. The van der Waals surface area contributed by atoms with Crippen LogP contribution >= 0.6 is 11.8 Å². The van der Waals surface area contributed by atoms with Crippen LogP contribution in [0.5, 0.6) is 0 Å². The van der Waals surface area contributed by atoms with Crippen LogP contribution < -0.4 is 0 Å². The first kappa shape index (κ1) is 12.5. The number of aryl methyl sites for hydroxylation is 1. The third-order valence-corrected chi connectivity index (χ3v) is 3.56. The van der Waals surface area contributed by atoms with E-state index in [1.54, 1.807) is 0 Å². The average molecular weight is 220 g/mol. The maximum atomic E-state index is 11.7. The van der Waals surface area contributed by atoms with Crippen molar-refractivity contribution in [1.82, 2.24) is 0 Å². The molecular weight excluding hydrogens is 203 g/mol. The summed E-state index contributed by atoms with van der Waals surface area (Å²) in [6.07, 6.45) is 0. The zero-order valence-electron chi connectivity index (χ0n) is 9.83. The van der Waals surface area contributed by atoms with E-state index < -0.39 is 0 Å². The summed E-state index contributed by atoms with van der Waals surface area (Å²) in [5, 5.41) is 0.255. The van der Waals surface area contributed by atoms with Crippen LogP contribution in [0.4, 0.5) is 0 Å². The molecule has 15 heavy (non-hydrogen) atoms. The molecule has 0 aliphatic rings. The van der Waals surface area contributed by atoms with Gasteiger partial charge < -0.3 is 0 Å². The third kappa shape index (κ3) is 3.82. The Morgan fingerprint density at radius 2 is 2.13 bits per heavy atom. The van der Waals surface area contributed by atoms with Crippen molar-refractivity contribution in [3.05, 3.63) is 29.1 Å². The molecule has 1 aromatic heterocycles. The van der Waals surface area contributed by atoms with E-state index in [9.17, 15) is 4.79 Å². The summed E-state index contributed by atoms with van der Waals surface area (Å²) in [7, 11) is 0. The van der Waals surface area contributed by atoms with Gasteiger partial charge in [0.15, 0.2) is 0 Å². The molecule has 0 aliphatic carbocycles. The van der Waals surface area contributed by atoms with Gasteiger partial charge in [-0.3, -0.25) is 0 Å². The molecule has 0 radical (unpaired) electrons. The quantitative estimate of drug-likeness (QED) is 0.761. The Kier molecular flexibility index (Phi) is 4.15. The first-order chi connectivity index (χ1) is 6.91. The van der Waals surface area contributed by atoms with Gasteiger partial charge in [-0.05, 0) is 0 Å². The first-order valence-corrected chi connectivity index (χ1v) is 6.11. The Labute approximate surface area is 96.9 Å². The second kappa shape index (κ2) is 4.97. The summed E-state index contributed by atoms with van der Waals surface area (Å²) >= 11 is 1.41. The number of thioether (sulfide) groups is 1. The predicted octanol–water partition coefficient (Wildman–Crippen LogP) is 3.14. The Hall–Kier alpha value is -0.565. The second-order valence-electron chi connectivity index (χ2n) is 4.75. The van der Waals surface area contributed by atoms with E-state index in [0.29, 0.717) is 0 Å². The van der Waals surface area contributed by atoms with E-state index in [0.717, 1.165) is 5.75 Å². The van der Waals surface area contributed by atoms with Crippen molar-refractivity contribution < 1.29 is 4.79 Å². The molecule has 1 aromatic rings. The number of carbonyl (C=O) groups is 1. The molecule has 0 fully saturated rings. The van der Waals surface area contributed by atoms with Crippen LogP contribution in [0.1, 0.15) is 31.9 Å². The van der Waals surface area contributed by atoms with Crippen LogP contribution in [-0.2, 0) is 10.5 Å². The molecule has 0 aromatic carbocycles. The van der Waals surface area contributed by atoms with E-state index in [4.69, 9.17) is 0 Å². The first-order valence-electron chi connectivity index (χ1n) is 5.13. The Balaban J connectivity index is 2.59. The molecule has 1 rings (SSSR count). The van der Waals surface area contributed by atoms with Crippen LogP contribution in [0.15, 0.2) is 18.0 Å². The predicted molar refractivity (Wildman–Crippen MR) is 68.3 cm³/mol. The Morgan fingerprint density at radius 1 is 1.47 bits per heavy atom. The normalized spacial score (nSPS) is 11.2. The van der Waals surface area contributed by atoms with Crippen molar-refractivity contribution in [3.63, 3.8) is 0 Å². The number of hydrogen-bond acceptors (Lipinski definition) is 2.